The number of nitrogens with one attached hydrogen (secondary N) is 2. The van der Waals surface area contributed by atoms with E-state index in [0.29, 0.717) is 23.3 Å². The lowest BCUT2D eigenvalue weighted by Gasteiger charge is -2.36. The molecule has 3 aromatic rings. The fraction of sp³-hybridized carbons (Fsp3) is 0.261. The lowest BCUT2D eigenvalue weighted by atomic mass is 9.95. The number of methoxy groups -OCH3 is 1. The van der Waals surface area contributed by atoms with Crippen LogP contribution < -0.4 is 15.6 Å². The number of fused-ring (bicyclic) bond motifs is 4. The molecule has 2 aromatic heterocycles. The second kappa shape index (κ2) is 7.94. The van der Waals surface area contributed by atoms with E-state index >= 15 is 0 Å². The highest BCUT2D eigenvalue weighted by Gasteiger charge is 2.42. The fourth-order valence-corrected chi connectivity index (χ4v) is 4.96. The molecule has 32 heavy (non-hydrogen) atoms. The maximum Gasteiger partial charge on any atom is 0.322 e. The van der Waals surface area contributed by atoms with E-state index < -0.39 is 5.82 Å². The van der Waals surface area contributed by atoms with E-state index in [9.17, 15) is 14.0 Å². The van der Waals surface area contributed by atoms with Gasteiger partial charge in [0.25, 0.3) is 0 Å². The van der Waals surface area contributed by atoms with Crippen LogP contribution in [0.2, 0.25) is 5.02 Å². The number of carbonyl (C=O) groups excluding carboxylic acids is 1. The summed E-state index contributed by atoms with van der Waals surface area (Å²) < 4.78 is 20.1. The van der Waals surface area contributed by atoms with Crippen molar-refractivity contribution in [2.75, 3.05) is 12.4 Å². The molecule has 0 radical (unpaired) electrons. The van der Waals surface area contributed by atoms with Gasteiger partial charge in [0.05, 0.1) is 30.1 Å². The van der Waals surface area contributed by atoms with E-state index in [2.05, 4.69) is 15.3 Å². The van der Waals surface area contributed by atoms with Crippen molar-refractivity contribution in [3.63, 3.8) is 0 Å². The second-order valence-corrected chi connectivity index (χ2v) is 8.40. The van der Waals surface area contributed by atoms with Crippen LogP contribution >= 0.6 is 11.6 Å². The van der Waals surface area contributed by atoms with Crippen molar-refractivity contribution in [2.45, 2.75) is 31.3 Å². The molecule has 7 nitrogen and oxygen atoms in total. The number of carbonyl (C=O) groups is 1. The van der Waals surface area contributed by atoms with Crippen LogP contribution in [0.1, 0.15) is 30.0 Å². The van der Waals surface area contributed by atoms with Gasteiger partial charge in [0.15, 0.2) is 0 Å². The van der Waals surface area contributed by atoms with Gasteiger partial charge in [-0.05, 0) is 48.6 Å². The van der Waals surface area contributed by atoms with E-state index in [1.54, 1.807) is 35.6 Å². The van der Waals surface area contributed by atoms with Gasteiger partial charge in [-0.15, -0.1) is 0 Å². The number of pyridine rings is 2. The zero-order valence-electron chi connectivity index (χ0n) is 17.2. The number of amides is 2. The minimum absolute atomic E-state index is 0.00581. The Labute approximate surface area is 188 Å². The molecule has 2 bridgehead atoms. The first-order chi connectivity index (χ1) is 15.4. The molecule has 0 spiro atoms. The lowest BCUT2D eigenvalue weighted by Crippen LogP contribution is -2.44. The van der Waals surface area contributed by atoms with Gasteiger partial charge in [-0.1, -0.05) is 11.6 Å². The predicted molar refractivity (Wildman–Crippen MR) is 119 cm³/mol. The van der Waals surface area contributed by atoms with Gasteiger partial charge < -0.3 is 19.9 Å². The van der Waals surface area contributed by atoms with Crippen molar-refractivity contribution in [2.24, 2.45) is 0 Å². The molecule has 0 saturated carbocycles. The minimum atomic E-state index is -0.602. The molecular weight excluding hydrogens is 435 g/mol. The third kappa shape index (κ3) is 3.50. The molecule has 1 saturated heterocycles. The van der Waals surface area contributed by atoms with E-state index in [1.165, 1.54) is 19.2 Å². The van der Waals surface area contributed by atoms with Crippen LogP contribution in [0.25, 0.3) is 11.1 Å². The first-order valence-corrected chi connectivity index (χ1v) is 10.6. The Kier molecular flexibility index (Phi) is 5.09. The molecule has 2 aliphatic heterocycles. The van der Waals surface area contributed by atoms with Crippen molar-refractivity contribution in [1.29, 1.82) is 0 Å². The maximum absolute atomic E-state index is 14.9. The van der Waals surface area contributed by atoms with E-state index in [4.69, 9.17) is 16.3 Å². The van der Waals surface area contributed by atoms with Crippen LogP contribution in [0.15, 0.2) is 47.7 Å². The van der Waals surface area contributed by atoms with E-state index in [1.807, 2.05) is 0 Å². The molecule has 4 heterocycles. The summed E-state index contributed by atoms with van der Waals surface area (Å²) in [6.07, 6.45) is 7.01. The van der Waals surface area contributed by atoms with Crippen molar-refractivity contribution < 1.29 is 13.9 Å². The van der Waals surface area contributed by atoms with Crippen molar-refractivity contribution in [3.8, 4) is 16.9 Å². The molecule has 5 rings (SSSR count). The van der Waals surface area contributed by atoms with Crippen LogP contribution in [0.3, 0.4) is 0 Å². The van der Waals surface area contributed by atoms with Crippen molar-refractivity contribution in [3.05, 3.63) is 75.2 Å². The molecule has 2 N–H and O–H groups in total. The normalized spacial score (nSPS) is 18.9. The number of ether oxygens (including phenoxy) is 1. The van der Waals surface area contributed by atoms with Gasteiger partial charge in [0.1, 0.15) is 11.6 Å². The minimum Gasteiger partial charge on any atom is -0.495 e. The summed E-state index contributed by atoms with van der Waals surface area (Å²) in [5.41, 5.74) is 2.81. The molecule has 1 aromatic carbocycles. The Hall–Kier alpha value is -3.39. The monoisotopic (exact) mass is 454 g/mol. The summed E-state index contributed by atoms with van der Waals surface area (Å²) in [5, 5.41) is 2.96. The first kappa shape index (κ1) is 20.5. The highest BCUT2D eigenvalue weighted by molar-refractivity contribution is 6.33. The van der Waals surface area contributed by atoms with Gasteiger partial charge >= 0.3 is 6.03 Å². The largest absolute Gasteiger partial charge is 0.495 e. The highest BCUT2D eigenvalue weighted by Crippen LogP contribution is 2.43. The molecular formula is C23H20ClFN4O3. The third-order valence-corrected chi connectivity index (χ3v) is 6.47. The summed E-state index contributed by atoms with van der Waals surface area (Å²) in [5.74, 6) is -0.0757. The van der Waals surface area contributed by atoms with Crippen LogP contribution in [0, 0.1) is 5.82 Å². The average Bonchev–Trinajstić information content (AvgIpc) is 3.11. The quantitative estimate of drug-likeness (QED) is 0.608. The standard InChI is InChI=1S/C23H20ClFN4O3/c1-32-15-5-13(9-26-10-15)16-7-19(25)20(8-18(16)24)28-23(31)29-14-2-3-21(29)17-11-27-22(30)6-12(17)4-14/h5-11,14,21H,2-4H2,1H3,(H,27,30)(H,28,31)/t14-,21+/m0/s1. The molecule has 0 aliphatic carbocycles. The van der Waals surface area contributed by atoms with Crippen molar-refractivity contribution in [1.82, 2.24) is 14.9 Å². The number of H-pyrrole nitrogens is 1. The number of urea groups is 1. The van der Waals surface area contributed by atoms with E-state index in [0.717, 1.165) is 24.0 Å². The molecule has 2 amide bonds. The Balaban J connectivity index is 1.41. The smallest absolute Gasteiger partial charge is 0.322 e. The highest BCUT2D eigenvalue weighted by atomic mass is 35.5. The zero-order valence-corrected chi connectivity index (χ0v) is 17.9. The number of aromatic amines is 1. The number of hydrogen-bond acceptors (Lipinski definition) is 4. The van der Waals surface area contributed by atoms with Gasteiger partial charge in [-0.25, -0.2) is 9.18 Å². The molecule has 2 aliphatic rings. The average molecular weight is 455 g/mol. The maximum atomic E-state index is 14.9. The number of anilines is 1. The van der Waals surface area contributed by atoms with Gasteiger partial charge in [-0.3, -0.25) is 9.78 Å². The SMILES string of the molecule is COc1cncc(-c2cc(F)c(NC(=O)N3[C@H]4CC[C@@H]3c3c[nH]c(=O)cc3C4)cc2Cl)c1. The summed E-state index contributed by atoms with van der Waals surface area (Å²) in [4.78, 5) is 33.3. The molecule has 1 fully saturated rings. The van der Waals surface area contributed by atoms with Crippen LogP contribution in [-0.4, -0.2) is 34.1 Å². The number of nitrogens with zero attached hydrogens (tertiary/aromatic N) is 2. The Bertz CT molecular complexity index is 1280. The zero-order chi connectivity index (χ0) is 22.4. The molecule has 0 unspecified atom stereocenters. The predicted octanol–water partition coefficient (Wildman–Crippen LogP) is 4.53. The number of halogens is 2. The summed E-state index contributed by atoms with van der Waals surface area (Å²) >= 11 is 6.42. The molecule has 164 valence electrons. The number of aromatic nitrogens is 2. The van der Waals surface area contributed by atoms with Gasteiger partial charge in [0, 0.05) is 35.6 Å². The Morgan fingerprint density at radius 3 is 2.94 bits per heavy atom. The molecule has 9 heteroatoms. The van der Waals surface area contributed by atoms with Crippen molar-refractivity contribution >= 4 is 23.3 Å². The Morgan fingerprint density at radius 1 is 1.28 bits per heavy atom. The van der Waals surface area contributed by atoms with E-state index in [-0.39, 0.29) is 34.4 Å². The first-order valence-electron chi connectivity index (χ1n) is 10.2. The topological polar surface area (TPSA) is 87.3 Å². The van der Waals surface area contributed by atoms with Gasteiger partial charge in [0.2, 0.25) is 5.56 Å². The second-order valence-electron chi connectivity index (χ2n) is 7.99. The summed E-state index contributed by atoms with van der Waals surface area (Å²) in [6, 6.07) is 5.41. The number of rotatable bonds is 3. The fourth-order valence-electron chi connectivity index (χ4n) is 4.68. The van der Waals surface area contributed by atoms with Crippen LogP contribution in [0.5, 0.6) is 5.75 Å². The molecule has 2 atom stereocenters. The lowest BCUT2D eigenvalue weighted by molar-refractivity contribution is 0.179. The number of benzene rings is 1. The number of hydrogen-bond donors (Lipinski definition) is 2. The Morgan fingerprint density at radius 2 is 2.12 bits per heavy atom. The van der Waals surface area contributed by atoms with Gasteiger partial charge in [-0.2, -0.15) is 0 Å². The van der Waals surface area contributed by atoms with Crippen LogP contribution in [0.4, 0.5) is 14.9 Å². The summed E-state index contributed by atoms with van der Waals surface area (Å²) in [6.45, 7) is 0. The third-order valence-electron chi connectivity index (χ3n) is 6.16. The summed E-state index contributed by atoms with van der Waals surface area (Å²) in [7, 11) is 1.52. The van der Waals surface area contributed by atoms with Crippen LogP contribution in [-0.2, 0) is 6.42 Å².